The van der Waals surface area contributed by atoms with Crippen LogP contribution in [0.1, 0.15) is 38.3 Å². The number of piperazine rings is 1. The molecule has 2 unspecified atom stereocenters. The van der Waals surface area contributed by atoms with E-state index in [0.717, 1.165) is 26.2 Å². The summed E-state index contributed by atoms with van der Waals surface area (Å²) in [4.78, 5) is 29.3. The Morgan fingerprint density at radius 2 is 1.69 bits per heavy atom. The van der Waals surface area contributed by atoms with Crippen molar-refractivity contribution in [1.29, 1.82) is 0 Å². The number of anilines is 1. The second-order valence-corrected chi connectivity index (χ2v) is 8.72. The van der Waals surface area contributed by atoms with E-state index in [2.05, 4.69) is 42.3 Å². The van der Waals surface area contributed by atoms with Crippen LogP contribution in [0.15, 0.2) is 18.2 Å². The van der Waals surface area contributed by atoms with Crippen molar-refractivity contribution < 1.29 is 9.59 Å². The van der Waals surface area contributed by atoms with Gasteiger partial charge < -0.3 is 15.1 Å². The molecule has 2 amide bonds. The van der Waals surface area contributed by atoms with Gasteiger partial charge in [0.1, 0.15) is 0 Å². The number of aryl methyl sites for hydroxylation is 1. The van der Waals surface area contributed by atoms with Crippen LogP contribution in [0, 0.1) is 25.7 Å². The van der Waals surface area contributed by atoms with E-state index in [4.69, 9.17) is 0 Å². The molecule has 3 rings (SSSR count). The summed E-state index contributed by atoms with van der Waals surface area (Å²) in [6, 6.07) is 6.39. The Kier molecular flexibility index (Phi) is 5.00. The number of hydrogen-bond acceptors (Lipinski definition) is 3. The molecule has 0 aromatic heterocycles. The van der Waals surface area contributed by atoms with Gasteiger partial charge in [-0.3, -0.25) is 9.59 Å². The van der Waals surface area contributed by atoms with Crippen molar-refractivity contribution in [1.82, 2.24) is 10.2 Å². The van der Waals surface area contributed by atoms with E-state index in [1.165, 1.54) is 16.8 Å². The molecule has 1 N–H and O–H groups in total. The van der Waals surface area contributed by atoms with Crippen molar-refractivity contribution in [3.8, 4) is 0 Å². The first-order valence-electron chi connectivity index (χ1n) is 9.59. The van der Waals surface area contributed by atoms with Crippen LogP contribution in [0.3, 0.4) is 0 Å². The number of amides is 2. The summed E-state index contributed by atoms with van der Waals surface area (Å²) in [7, 11) is 0. The van der Waals surface area contributed by atoms with Crippen LogP contribution in [0.5, 0.6) is 0 Å². The van der Waals surface area contributed by atoms with Crippen LogP contribution >= 0.6 is 0 Å². The molecule has 1 aliphatic heterocycles. The summed E-state index contributed by atoms with van der Waals surface area (Å²) < 4.78 is 0. The molecule has 142 valence electrons. The Bertz CT molecular complexity index is 700. The zero-order chi connectivity index (χ0) is 19.1. The number of hydrogen-bond donors (Lipinski definition) is 1. The summed E-state index contributed by atoms with van der Waals surface area (Å²) >= 11 is 0. The second kappa shape index (κ2) is 6.93. The third-order valence-electron chi connectivity index (χ3n) is 5.45. The largest absolute Gasteiger partial charge is 0.368 e. The van der Waals surface area contributed by atoms with Crippen molar-refractivity contribution in [2.45, 2.75) is 46.6 Å². The zero-order valence-corrected chi connectivity index (χ0v) is 16.6. The van der Waals surface area contributed by atoms with Crippen molar-refractivity contribution in [2.24, 2.45) is 11.8 Å². The highest BCUT2D eigenvalue weighted by molar-refractivity contribution is 5.92. The van der Waals surface area contributed by atoms with E-state index < -0.39 is 0 Å². The average molecular weight is 357 g/mol. The first-order chi connectivity index (χ1) is 12.2. The fourth-order valence-corrected chi connectivity index (χ4v) is 3.70. The van der Waals surface area contributed by atoms with E-state index in [0.29, 0.717) is 6.42 Å². The molecule has 0 radical (unpaired) electrons. The first-order valence-corrected chi connectivity index (χ1v) is 9.59. The van der Waals surface area contributed by atoms with Crippen LogP contribution in [0.4, 0.5) is 5.69 Å². The molecule has 1 aromatic carbocycles. The summed E-state index contributed by atoms with van der Waals surface area (Å²) in [6.07, 6.45) is 0.692. The third-order valence-corrected chi connectivity index (χ3v) is 5.45. The first kappa shape index (κ1) is 18.7. The van der Waals surface area contributed by atoms with E-state index in [1.807, 2.05) is 25.7 Å². The SMILES string of the molecule is Cc1cccc(N2CCN(C(=O)C3CC3C(=O)NC(C)(C)C)CC2)c1C. The fraction of sp³-hybridized carbons (Fsp3) is 0.619. The molecule has 1 aromatic rings. The Labute approximate surface area is 156 Å². The molecule has 2 atom stereocenters. The summed E-state index contributed by atoms with van der Waals surface area (Å²) in [6.45, 7) is 13.4. The fourth-order valence-electron chi connectivity index (χ4n) is 3.70. The highest BCUT2D eigenvalue weighted by Gasteiger charge is 2.50. The normalized spacial score (nSPS) is 23.0. The van der Waals surface area contributed by atoms with Gasteiger partial charge in [0.15, 0.2) is 0 Å². The minimum Gasteiger partial charge on any atom is -0.368 e. The third kappa shape index (κ3) is 4.02. The lowest BCUT2D eigenvalue weighted by Crippen LogP contribution is -2.50. The maximum atomic E-state index is 12.7. The average Bonchev–Trinajstić information content (AvgIpc) is 3.36. The molecule has 2 fully saturated rings. The van der Waals surface area contributed by atoms with Gasteiger partial charge in [-0.2, -0.15) is 0 Å². The lowest BCUT2D eigenvalue weighted by molar-refractivity contribution is -0.135. The van der Waals surface area contributed by atoms with Gasteiger partial charge in [0.2, 0.25) is 11.8 Å². The van der Waals surface area contributed by atoms with Gasteiger partial charge in [-0.1, -0.05) is 12.1 Å². The van der Waals surface area contributed by atoms with E-state index in [1.54, 1.807) is 0 Å². The van der Waals surface area contributed by atoms with E-state index in [9.17, 15) is 9.59 Å². The van der Waals surface area contributed by atoms with Gasteiger partial charge in [0.25, 0.3) is 0 Å². The topological polar surface area (TPSA) is 52.7 Å². The number of nitrogens with one attached hydrogen (secondary N) is 1. The van der Waals surface area contributed by atoms with Gasteiger partial charge in [-0.15, -0.1) is 0 Å². The summed E-state index contributed by atoms with van der Waals surface area (Å²) in [5.74, 6) is -0.0899. The lowest BCUT2D eigenvalue weighted by Gasteiger charge is -2.37. The minimum absolute atomic E-state index is 0.0184. The van der Waals surface area contributed by atoms with Gasteiger partial charge in [-0.25, -0.2) is 0 Å². The molecule has 5 heteroatoms. The van der Waals surface area contributed by atoms with Gasteiger partial charge in [0, 0.05) is 37.4 Å². The molecular weight excluding hydrogens is 326 g/mol. The molecule has 1 aliphatic carbocycles. The Morgan fingerprint density at radius 1 is 1.04 bits per heavy atom. The summed E-state index contributed by atoms with van der Waals surface area (Å²) in [5.41, 5.74) is 3.64. The molecule has 1 heterocycles. The van der Waals surface area contributed by atoms with Crippen LogP contribution < -0.4 is 10.2 Å². The van der Waals surface area contributed by atoms with Crippen LogP contribution in [-0.2, 0) is 9.59 Å². The highest BCUT2D eigenvalue weighted by Crippen LogP contribution is 2.40. The Balaban J connectivity index is 1.53. The highest BCUT2D eigenvalue weighted by atomic mass is 16.2. The second-order valence-electron chi connectivity index (χ2n) is 8.72. The molecule has 2 aliphatic rings. The quantitative estimate of drug-likeness (QED) is 0.904. The van der Waals surface area contributed by atoms with Gasteiger partial charge >= 0.3 is 0 Å². The zero-order valence-electron chi connectivity index (χ0n) is 16.6. The Hall–Kier alpha value is -2.04. The Morgan fingerprint density at radius 3 is 2.31 bits per heavy atom. The van der Waals surface area contributed by atoms with Crippen molar-refractivity contribution in [3.63, 3.8) is 0 Å². The number of nitrogens with zero attached hydrogens (tertiary/aromatic N) is 2. The molecule has 1 saturated carbocycles. The minimum atomic E-state index is -0.245. The maximum absolute atomic E-state index is 12.7. The molecular formula is C21H31N3O2. The van der Waals surface area contributed by atoms with Crippen molar-refractivity contribution >= 4 is 17.5 Å². The predicted molar refractivity (Wildman–Crippen MR) is 104 cm³/mol. The summed E-state index contributed by atoms with van der Waals surface area (Å²) in [5, 5.41) is 2.99. The van der Waals surface area contributed by atoms with Crippen molar-refractivity contribution in [3.05, 3.63) is 29.3 Å². The smallest absolute Gasteiger partial charge is 0.226 e. The van der Waals surface area contributed by atoms with Crippen LogP contribution in [0.2, 0.25) is 0 Å². The number of carbonyl (C=O) groups is 2. The van der Waals surface area contributed by atoms with E-state index >= 15 is 0 Å². The maximum Gasteiger partial charge on any atom is 0.226 e. The monoisotopic (exact) mass is 357 g/mol. The van der Waals surface area contributed by atoms with E-state index in [-0.39, 0.29) is 29.2 Å². The van der Waals surface area contributed by atoms with Gasteiger partial charge in [-0.05, 0) is 58.2 Å². The van der Waals surface area contributed by atoms with Crippen LogP contribution in [0.25, 0.3) is 0 Å². The molecule has 26 heavy (non-hydrogen) atoms. The molecule has 1 saturated heterocycles. The van der Waals surface area contributed by atoms with Crippen LogP contribution in [-0.4, -0.2) is 48.4 Å². The lowest BCUT2D eigenvalue weighted by atomic mass is 10.1. The number of rotatable bonds is 3. The number of benzene rings is 1. The predicted octanol–water partition coefficient (Wildman–Crippen LogP) is 2.50. The molecule has 5 nitrogen and oxygen atoms in total. The molecule has 0 spiro atoms. The molecule has 0 bridgehead atoms. The van der Waals surface area contributed by atoms with Gasteiger partial charge in [0.05, 0.1) is 11.8 Å². The van der Waals surface area contributed by atoms with Crippen molar-refractivity contribution in [2.75, 3.05) is 31.1 Å². The number of carbonyl (C=O) groups excluding carboxylic acids is 2. The standard InChI is InChI=1S/C21H31N3O2/c1-14-7-6-8-18(15(14)2)23-9-11-24(12-10-23)20(26)17-13-16(17)19(25)22-21(3,4)5/h6-8,16-17H,9-13H2,1-5H3,(H,22,25).